The van der Waals surface area contributed by atoms with E-state index in [-0.39, 0.29) is 36.6 Å². The Bertz CT molecular complexity index is 1140. The molecule has 0 aliphatic carbocycles. The molecule has 0 spiro atoms. The zero-order valence-corrected chi connectivity index (χ0v) is 18.9. The number of anilines is 2. The third-order valence-electron chi connectivity index (χ3n) is 6.27. The monoisotopic (exact) mass is 475 g/mol. The molecule has 0 radical (unpaired) electrons. The van der Waals surface area contributed by atoms with Gasteiger partial charge < -0.3 is 20.3 Å². The molecule has 2 N–H and O–H groups in total. The fraction of sp³-hybridized carbons (Fsp3) is 0.500. The lowest BCUT2D eigenvalue weighted by Gasteiger charge is -2.36. The summed E-state index contributed by atoms with van der Waals surface area (Å²) in [6, 6.07) is 7.04. The summed E-state index contributed by atoms with van der Waals surface area (Å²) in [5.74, 6) is 1.06. The number of rotatable bonds is 6. The number of carbonyl (C=O) groups is 1. The average Bonchev–Trinajstić information content (AvgIpc) is 3.23. The number of halogens is 1. The van der Waals surface area contributed by atoms with Crippen LogP contribution in [0.5, 0.6) is 0 Å². The number of benzene rings is 1. The molecule has 176 valence electrons. The van der Waals surface area contributed by atoms with Crippen LogP contribution in [0.15, 0.2) is 24.3 Å². The number of urea groups is 1. The van der Waals surface area contributed by atoms with Gasteiger partial charge in [-0.2, -0.15) is 0 Å². The van der Waals surface area contributed by atoms with E-state index in [0.717, 1.165) is 18.4 Å². The lowest BCUT2D eigenvalue weighted by Crippen LogP contribution is -2.47. The molecule has 33 heavy (non-hydrogen) atoms. The summed E-state index contributed by atoms with van der Waals surface area (Å²) >= 11 is 0. The van der Waals surface area contributed by atoms with Crippen LogP contribution in [0.3, 0.4) is 0 Å². The molecule has 9 nitrogen and oxygen atoms in total. The molecule has 2 amide bonds. The summed E-state index contributed by atoms with van der Waals surface area (Å²) in [6.45, 7) is 1.01. The molecule has 2 atom stereocenters. The van der Waals surface area contributed by atoms with Gasteiger partial charge >= 0.3 is 6.03 Å². The van der Waals surface area contributed by atoms with Crippen molar-refractivity contribution in [2.24, 2.45) is 0 Å². The maximum Gasteiger partial charge on any atom is 0.319 e. The van der Waals surface area contributed by atoms with Gasteiger partial charge in [0.2, 0.25) is 0 Å². The van der Waals surface area contributed by atoms with E-state index < -0.39 is 22.5 Å². The maximum absolute atomic E-state index is 12.4. The third-order valence-corrected chi connectivity index (χ3v) is 7.72. The maximum atomic E-state index is 12.4. The van der Waals surface area contributed by atoms with E-state index in [2.05, 4.69) is 20.5 Å². The Labute approximate surface area is 191 Å². The summed E-state index contributed by atoms with van der Waals surface area (Å²) in [4.78, 5) is 23.6. The Morgan fingerprint density at radius 2 is 1.85 bits per heavy atom. The molecule has 0 saturated carbocycles. The molecule has 11 heteroatoms. The fourth-order valence-electron chi connectivity index (χ4n) is 4.73. The average molecular weight is 476 g/mol. The van der Waals surface area contributed by atoms with Crippen LogP contribution in [0.4, 0.5) is 20.7 Å². The molecule has 1 aromatic carbocycles. The molecule has 5 rings (SSSR count). The first-order chi connectivity index (χ1) is 15.9. The number of carbonyl (C=O) groups excluding carboxylic acids is 1. The van der Waals surface area contributed by atoms with E-state index in [1.54, 1.807) is 24.3 Å². The van der Waals surface area contributed by atoms with Gasteiger partial charge in [0.05, 0.1) is 49.2 Å². The van der Waals surface area contributed by atoms with Crippen molar-refractivity contribution in [2.75, 3.05) is 36.6 Å². The van der Waals surface area contributed by atoms with Crippen molar-refractivity contribution in [1.82, 2.24) is 15.3 Å². The van der Waals surface area contributed by atoms with E-state index >= 15 is 0 Å². The molecule has 2 aromatic rings. The number of hydrogen-bond acceptors (Lipinski definition) is 7. The normalized spacial score (nSPS) is 22.8. The highest BCUT2D eigenvalue weighted by Crippen LogP contribution is 2.39. The standard InChI is InChI=1S/C22H26FN5O4S/c23-8-1-9-24-22(29)25-15-4-2-14(3-5-15)20-26-19-13-33(30,31)12-18(19)21(27-20)28-16-6-7-17(28)11-32-10-16/h2-5,16-17H,1,6-13H2,(H2,24,25,29). The number of alkyl halides is 1. The summed E-state index contributed by atoms with van der Waals surface area (Å²) < 4.78 is 42.7. The Hall–Kier alpha value is -2.79. The van der Waals surface area contributed by atoms with Crippen molar-refractivity contribution in [3.05, 3.63) is 35.5 Å². The lowest BCUT2D eigenvalue weighted by molar-refractivity contribution is 0.0901. The first-order valence-corrected chi connectivity index (χ1v) is 12.9. The van der Waals surface area contributed by atoms with Gasteiger partial charge in [-0.1, -0.05) is 0 Å². The van der Waals surface area contributed by atoms with Crippen LogP contribution in [-0.4, -0.2) is 62.9 Å². The Morgan fingerprint density at radius 3 is 2.55 bits per heavy atom. The van der Waals surface area contributed by atoms with Gasteiger partial charge in [-0.15, -0.1) is 0 Å². The second kappa shape index (κ2) is 8.86. The first-order valence-electron chi connectivity index (χ1n) is 11.1. The van der Waals surface area contributed by atoms with E-state index in [1.807, 2.05) is 0 Å². The highest BCUT2D eigenvalue weighted by atomic mass is 32.2. The fourth-order valence-corrected chi connectivity index (χ4v) is 6.22. The van der Waals surface area contributed by atoms with E-state index in [1.165, 1.54) is 0 Å². The van der Waals surface area contributed by atoms with Crippen molar-refractivity contribution in [1.29, 1.82) is 0 Å². The van der Waals surface area contributed by atoms with Crippen LogP contribution in [0.2, 0.25) is 0 Å². The SMILES string of the molecule is O=C(NCCCF)Nc1ccc(-c2nc3c(c(N4C5CCC4COC5)n2)CS(=O)(=O)C3)cc1. The van der Waals surface area contributed by atoms with Crippen LogP contribution in [0.25, 0.3) is 11.4 Å². The van der Waals surface area contributed by atoms with Gasteiger partial charge in [0.15, 0.2) is 15.7 Å². The summed E-state index contributed by atoms with van der Waals surface area (Å²) in [5, 5.41) is 5.29. The third kappa shape index (κ3) is 4.51. The number of sulfone groups is 1. The van der Waals surface area contributed by atoms with Crippen LogP contribution in [0.1, 0.15) is 30.5 Å². The number of aromatic nitrogens is 2. The number of nitrogens with one attached hydrogen (secondary N) is 2. The zero-order valence-electron chi connectivity index (χ0n) is 18.1. The van der Waals surface area contributed by atoms with E-state index in [9.17, 15) is 17.6 Å². The Balaban J connectivity index is 1.43. The van der Waals surface area contributed by atoms with Crippen LogP contribution >= 0.6 is 0 Å². The second-order valence-corrected chi connectivity index (χ2v) is 10.7. The molecule has 4 heterocycles. The number of hydrogen-bond donors (Lipinski definition) is 2. The zero-order chi connectivity index (χ0) is 23.0. The number of morpholine rings is 1. The number of amides is 2. The molecular weight excluding hydrogens is 449 g/mol. The minimum absolute atomic E-state index is 0.0326. The van der Waals surface area contributed by atoms with E-state index in [0.29, 0.717) is 41.8 Å². The van der Waals surface area contributed by atoms with E-state index in [4.69, 9.17) is 9.72 Å². The largest absolute Gasteiger partial charge is 0.377 e. The lowest BCUT2D eigenvalue weighted by atomic mass is 10.1. The molecule has 2 unspecified atom stereocenters. The summed E-state index contributed by atoms with van der Waals surface area (Å²) in [5.41, 5.74) is 2.58. The molecular formula is C22H26FN5O4S. The van der Waals surface area contributed by atoms with Gasteiger partial charge in [0.25, 0.3) is 0 Å². The van der Waals surface area contributed by atoms with Crippen LogP contribution in [0, 0.1) is 0 Å². The van der Waals surface area contributed by atoms with Crippen LogP contribution in [-0.2, 0) is 26.1 Å². The quantitative estimate of drug-likeness (QED) is 0.617. The number of ether oxygens (including phenoxy) is 1. The molecule has 2 bridgehead atoms. The van der Waals surface area contributed by atoms with Crippen molar-refractivity contribution >= 4 is 27.4 Å². The first kappa shape index (κ1) is 22.0. The van der Waals surface area contributed by atoms with Crippen LogP contribution < -0.4 is 15.5 Å². The molecule has 3 aliphatic rings. The number of fused-ring (bicyclic) bond motifs is 3. The molecule has 3 aliphatic heterocycles. The predicted octanol–water partition coefficient (Wildman–Crippen LogP) is 2.42. The summed E-state index contributed by atoms with van der Waals surface area (Å²) in [6.07, 6.45) is 2.27. The van der Waals surface area contributed by atoms with Crippen molar-refractivity contribution in [3.8, 4) is 11.4 Å². The minimum atomic E-state index is -3.25. The van der Waals surface area contributed by atoms with Gasteiger partial charge in [-0.25, -0.2) is 23.2 Å². The summed E-state index contributed by atoms with van der Waals surface area (Å²) in [7, 11) is -3.25. The van der Waals surface area contributed by atoms with Gasteiger partial charge in [-0.05, 0) is 43.5 Å². The Morgan fingerprint density at radius 1 is 1.12 bits per heavy atom. The number of nitrogens with zero attached hydrogens (tertiary/aromatic N) is 3. The predicted molar refractivity (Wildman–Crippen MR) is 122 cm³/mol. The van der Waals surface area contributed by atoms with Gasteiger partial charge in [0, 0.05) is 23.4 Å². The van der Waals surface area contributed by atoms with Gasteiger partial charge in [-0.3, -0.25) is 4.39 Å². The molecule has 2 fully saturated rings. The molecule has 2 saturated heterocycles. The minimum Gasteiger partial charge on any atom is -0.377 e. The van der Waals surface area contributed by atoms with Crippen molar-refractivity contribution < 1.29 is 22.3 Å². The smallest absolute Gasteiger partial charge is 0.319 e. The van der Waals surface area contributed by atoms with Crippen molar-refractivity contribution in [2.45, 2.75) is 42.9 Å². The van der Waals surface area contributed by atoms with Gasteiger partial charge in [0.1, 0.15) is 5.82 Å². The van der Waals surface area contributed by atoms with Crippen molar-refractivity contribution in [3.63, 3.8) is 0 Å². The highest BCUT2D eigenvalue weighted by molar-refractivity contribution is 7.90. The second-order valence-electron chi connectivity index (χ2n) is 8.66. The highest BCUT2D eigenvalue weighted by Gasteiger charge is 2.42. The Kier molecular flexibility index (Phi) is 5.92. The molecule has 1 aromatic heterocycles. The topological polar surface area (TPSA) is 114 Å².